The van der Waals surface area contributed by atoms with E-state index in [-0.39, 0.29) is 22.7 Å². The summed E-state index contributed by atoms with van der Waals surface area (Å²) in [7, 11) is 1.83. The summed E-state index contributed by atoms with van der Waals surface area (Å²) >= 11 is 1.32. The van der Waals surface area contributed by atoms with E-state index in [0.29, 0.717) is 0 Å². The molecule has 2 aromatic rings. The molecule has 0 radical (unpaired) electrons. The molecule has 3 rings (SSSR count). The third kappa shape index (κ3) is 3.16. The van der Waals surface area contributed by atoms with Gasteiger partial charge < -0.3 is 10.3 Å². The Labute approximate surface area is 135 Å². The maximum absolute atomic E-state index is 11.7. The highest BCUT2D eigenvalue weighted by molar-refractivity contribution is 7.16. The number of hydrogen-bond acceptors (Lipinski definition) is 4. The molecule has 1 atom stereocenters. The first-order valence-corrected chi connectivity index (χ1v) is 7.83. The van der Waals surface area contributed by atoms with Gasteiger partial charge in [-0.3, -0.25) is 9.69 Å². The highest BCUT2D eigenvalue weighted by Crippen LogP contribution is 2.30. The van der Waals surface area contributed by atoms with Gasteiger partial charge in [-0.2, -0.15) is 0 Å². The van der Waals surface area contributed by atoms with Crippen molar-refractivity contribution in [2.75, 3.05) is 19.6 Å². The molecule has 2 N–H and O–H groups in total. The molecule has 1 saturated heterocycles. The van der Waals surface area contributed by atoms with Crippen LogP contribution in [0.25, 0.3) is 10.2 Å². The molecule has 0 aliphatic carbocycles. The number of hydrogen-bond donors (Lipinski definition) is 1. The van der Waals surface area contributed by atoms with Crippen molar-refractivity contribution in [2.24, 2.45) is 18.2 Å². The van der Waals surface area contributed by atoms with E-state index in [0.717, 1.165) is 36.4 Å². The Morgan fingerprint density at radius 2 is 2.19 bits per heavy atom. The fourth-order valence-electron chi connectivity index (χ4n) is 2.96. The molecule has 1 aromatic heterocycles. The zero-order valence-corrected chi connectivity index (χ0v) is 14.1. The number of fused-ring (bicyclic) bond motifs is 1. The molecule has 0 spiro atoms. The Morgan fingerprint density at radius 1 is 1.43 bits per heavy atom. The van der Waals surface area contributed by atoms with Crippen LogP contribution in [0, 0.1) is 5.41 Å². The Balaban J connectivity index is 0.00000161. The van der Waals surface area contributed by atoms with Crippen molar-refractivity contribution in [1.82, 2.24) is 9.47 Å². The van der Waals surface area contributed by atoms with Gasteiger partial charge in [0.2, 0.25) is 0 Å². The van der Waals surface area contributed by atoms with Crippen molar-refractivity contribution in [3.8, 4) is 0 Å². The van der Waals surface area contributed by atoms with Crippen molar-refractivity contribution < 1.29 is 0 Å². The number of nitrogens with two attached hydrogens (primary N) is 1. The SMILES string of the molecule is Cl.Cn1c(=O)sc2cc(CN3CCC(C)(CN)C3)ccc21. The van der Waals surface area contributed by atoms with Gasteiger partial charge in [-0.05, 0) is 42.6 Å². The van der Waals surface area contributed by atoms with Gasteiger partial charge in [0.25, 0.3) is 0 Å². The van der Waals surface area contributed by atoms with Crippen molar-refractivity contribution in [3.63, 3.8) is 0 Å². The van der Waals surface area contributed by atoms with Crippen molar-refractivity contribution in [3.05, 3.63) is 33.4 Å². The van der Waals surface area contributed by atoms with Crippen LogP contribution in [0.4, 0.5) is 0 Å². The minimum absolute atomic E-state index is 0. The maximum atomic E-state index is 11.7. The quantitative estimate of drug-likeness (QED) is 0.940. The van der Waals surface area contributed by atoms with Gasteiger partial charge >= 0.3 is 4.87 Å². The molecular formula is C15H22ClN3OS. The van der Waals surface area contributed by atoms with Crippen LogP contribution >= 0.6 is 23.7 Å². The van der Waals surface area contributed by atoms with E-state index in [1.807, 2.05) is 7.05 Å². The van der Waals surface area contributed by atoms with Crippen LogP contribution in [0.3, 0.4) is 0 Å². The number of aryl methyl sites for hydroxylation is 1. The van der Waals surface area contributed by atoms with E-state index in [1.165, 1.54) is 23.3 Å². The lowest BCUT2D eigenvalue weighted by molar-refractivity contribution is 0.274. The summed E-state index contributed by atoms with van der Waals surface area (Å²) < 4.78 is 2.79. The second-order valence-corrected chi connectivity index (χ2v) is 7.20. The van der Waals surface area contributed by atoms with Crippen LogP contribution in [0.1, 0.15) is 18.9 Å². The lowest BCUT2D eigenvalue weighted by atomic mass is 9.90. The Kier molecular flexibility index (Phi) is 4.78. The van der Waals surface area contributed by atoms with Gasteiger partial charge in [-0.1, -0.05) is 24.3 Å². The van der Waals surface area contributed by atoms with E-state index in [9.17, 15) is 4.79 Å². The number of halogens is 1. The summed E-state index contributed by atoms with van der Waals surface area (Å²) in [5.74, 6) is 0. The third-order valence-corrected chi connectivity index (χ3v) is 5.39. The minimum Gasteiger partial charge on any atom is -0.330 e. The lowest BCUT2D eigenvalue weighted by Crippen LogP contribution is -2.31. The van der Waals surface area contributed by atoms with Crippen LogP contribution in [0.2, 0.25) is 0 Å². The van der Waals surface area contributed by atoms with Crippen molar-refractivity contribution >= 4 is 34.0 Å². The number of thiazole rings is 1. The summed E-state index contributed by atoms with van der Waals surface area (Å²) in [6.45, 7) is 6.13. The number of benzene rings is 1. The molecule has 0 bridgehead atoms. The largest absolute Gasteiger partial charge is 0.330 e. The predicted octanol–water partition coefficient (Wildman–Crippen LogP) is 2.19. The van der Waals surface area contributed by atoms with Crippen LogP contribution in [0.15, 0.2) is 23.0 Å². The van der Waals surface area contributed by atoms with Gasteiger partial charge in [-0.15, -0.1) is 12.4 Å². The van der Waals surface area contributed by atoms with Gasteiger partial charge in [0.1, 0.15) is 0 Å². The van der Waals surface area contributed by atoms with Gasteiger partial charge in [0.15, 0.2) is 0 Å². The molecule has 0 amide bonds. The van der Waals surface area contributed by atoms with E-state index < -0.39 is 0 Å². The molecule has 6 heteroatoms. The predicted molar refractivity (Wildman–Crippen MR) is 91.4 cm³/mol. The minimum atomic E-state index is 0. The lowest BCUT2D eigenvalue weighted by Gasteiger charge is -2.22. The van der Waals surface area contributed by atoms with Crippen LogP contribution in [-0.2, 0) is 13.6 Å². The third-order valence-electron chi connectivity index (χ3n) is 4.39. The Morgan fingerprint density at radius 3 is 2.86 bits per heavy atom. The molecule has 1 fully saturated rings. The number of likely N-dealkylation sites (tertiary alicyclic amines) is 1. The summed E-state index contributed by atoms with van der Waals surface area (Å²) in [6, 6.07) is 6.34. The normalized spacial score (nSPS) is 22.6. The standard InChI is InChI=1S/C15H21N3OS.ClH/c1-15(9-16)5-6-18(10-15)8-11-3-4-12-13(7-11)20-14(19)17(12)2;/h3-4,7H,5-6,8-10,16H2,1-2H3;1H. The zero-order valence-electron chi connectivity index (χ0n) is 12.5. The van der Waals surface area contributed by atoms with E-state index >= 15 is 0 Å². The zero-order chi connectivity index (χ0) is 14.3. The molecular weight excluding hydrogens is 306 g/mol. The van der Waals surface area contributed by atoms with Crippen molar-refractivity contribution in [1.29, 1.82) is 0 Å². The summed E-state index contributed by atoms with van der Waals surface area (Å²) in [5.41, 5.74) is 8.42. The van der Waals surface area contributed by atoms with Crippen molar-refractivity contribution in [2.45, 2.75) is 19.9 Å². The van der Waals surface area contributed by atoms with Gasteiger partial charge in [0.05, 0.1) is 10.2 Å². The number of nitrogens with zero attached hydrogens (tertiary/aromatic N) is 2. The Hall–Kier alpha value is -0.880. The molecule has 1 aromatic carbocycles. The average Bonchev–Trinajstić information content (AvgIpc) is 2.92. The highest BCUT2D eigenvalue weighted by Gasteiger charge is 2.32. The molecule has 21 heavy (non-hydrogen) atoms. The molecule has 0 saturated carbocycles. The first-order valence-electron chi connectivity index (χ1n) is 7.02. The topological polar surface area (TPSA) is 51.3 Å². The van der Waals surface area contributed by atoms with Crippen LogP contribution < -0.4 is 10.6 Å². The molecule has 1 unspecified atom stereocenters. The fourth-order valence-corrected chi connectivity index (χ4v) is 3.91. The molecule has 1 aliphatic heterocycles. The van der Waals surface area contributed by atoms with Gasteiger partial charge in [0, 0.05) is 20.1 Å². The molecule has 4 nitrogen and oxygen atoms in total. The second-order valence-electron chi connectivity index (χ2n) is 6.20. The second kappa shape index (κ2) is 6.08. The van der Waals surface area contributed by atoms with Gasteiger partial charge in [-0.25, -0.2) is 0 Å². The summed E-state index contributed by atoms with van der Waals surface area (Å²) in [5, 5.41) is 0. The summed E-state index contributed by atoms with van der Waals surface area (Å²) in [4.78, 5) is 14.2. The fraction of sp³-hybridized carbons (Fsp3) is 0.533. The van der Waals surface area contributed by atoms with E-state index in [2.05, 4.69) is 30.0 Å². The highest BCUT2D eigenvalue weighted by atomic mass is 35.5. The smallest absolute Gasteiger partial charge is 0.307 e. The summed E-state index contributed by atoms with van der Waals surface area (Å²) in [6.07, 6.45) is 1.17. The number of rotatable bonds is 3. The first-order chi connectivity index (χ1) is 9.50. The monoisotopic (exact) mass is 327 g/mol. The van der Waals surface area contributed by atoms with E-state index in [1.54, 1.807) is 4.57 Å². The number of aromatic nitrogens is 1. The van der Waals surface area contributed by atoms with Crippen LogP contribution in [0.5, 0.6) is 0 Å². The van der Waals surface area contributed by atoms with Crippen LogP contribution in [-0.4, -0.2) is 29.1 Å². The average molecular weight is 328 g/mol. The Bertz CT molecular complexity index is 696. The first kappa shape index (κ1) is 16.5. The molecule has 1 aliphatic rings. The van der Waals surface area contributed by atoms with E-state index in [4.69, 9.17) is 5.73 Å². The molecule has 2 heterocycles. The molecule has 116 valence electrons. The maximum Gasteiger partial charge on any atom is 0.307 e.